The highest BCUT2D eigenvalue weighted by Crippen LogP contribution is 2.24. The molecule has 0 radical (unpaired) electrons. The normalized spacial score (nSPS) is 11.0. The number of hydrogen-bond donors (Lipinski definition) is 1. The Morgan fingerprint density at radius 2 is 1.75 bits per heavy atom. The molecular formula is C14H18N2. The Balaban J connectivity index is 2.76. The van der Waals surface area contributed by atoms with Crippen LogP contribution >= 0.6 is 0 Å². The molecule has 0 saturated carbocycles. The Kier molecular flexibility index (Phi) is 2.92. The fraction of sp³-hybridized carbons (Fsp3) is 0.357. The molecule has 0 spiro atoms. The fourth-order valence-corrected chi connectivity index (χ4v) is 2.21. The van der Waals surface area contributed by atoms with Crippen molar-refractivity contribution >= 4 is 10.9 Å². The van der Waals surface area contributed by atoms with E-state index in [1.54, 1.807) is 0 Å². The molecule has 84 valence electrons. The van der Waals surface area contributed by atoms with Crippen LogP contribution in [0, 0.1) is 20.8 Å². The van der Waals surface area contributed by atoms with Gasteiger partial charge in [-0.2, -0.15) is 0 Å². The van der Waals surface area contributed by atoms with E-state index in [0.29, 0.717) is 6.54 Å². The van der Waals surface area contributed by atoms with Gasteiger partial charge in [-0.1, -0.05) is 12.1 Å². The molecule has 2 heteroatoms. The molecule has 0 unspecified atom stereocenters. The summed E-state index contributed by atoms with van der Waals surface area (Å²) in [5.41, 5.74) is 11.6. The summed E-state index contributed by atoms with van der Waals surface area (Å²) in [5, 5.41) is 1.29. The molecule has 16 heavy (non-hydrogen) atoms. The first-order valence-corrected chi connectivity index (χ1v) is 5.70. The minimum atomic E-state index is 0.656. The van der Waals surface area contributed by atoms with Crippen LogP contribution in [0.5, 0.6) is 0 Å². The minimum Gasteiger partial charge on any atom is -0.330 e. The second-order valence-electron chi connectivity index (χ2n) is 4.39. The summed E-state index contributed by atoms with van der Waals surface area (Å²) in [6, 6.07) is 6.45. The molecule has 2 nitrogen and oxygen atoms in total. The number of fused-ring (bicyclic) bond motifs is 1. The molecule has 0 atom stereocenters. The van der Waals surface area contributed by atoms with Gasteiger partial charge in [-0.15, -0.1) is 0 Å². The Morgan fingerprint density at radius 3 is 2.44 bits per heavy atom. The number of aromatic nitrogens is 1. The third-order valence-corrected chi connectivity index (χ3v) is 3.02. The monoisotopic (exact) mass is 214 g/mol. The average molecular weight is 214 g/mol. The quantitative estimate of drug-likeness (QED) is 0.834. The molecule has 0 saturated heterocycles. The van der Waals surface area contributed by atoms with Gasteiger partial charge in [0.25, 0.3) is 0 Å². The second-order valence-corrected chi connectivity index (χ2v) is 4.39. The summed E-state index contributed by atoms with van der Waals surface area (Å²) in [6.45, 7) is 7.05. The Hall–Kier alpha value is -1.41. The van der Waals surface area contributed by atoms with Gasteiger partial charge in [0.05, 0.1) is 5.52 Å². The molecule has 2 aromatic rings. The number of hydrogen-bond acceptors (Lipinski definition) is 2. The Bertz CT molecular complexity index is 530. The zero-order chi connectivity index (χ0) is 11.7. The molecule has 0 aliphatic carbocycles. The number of aryl methyl sites for hydroxylation is 3. The predicted octanol–water partition coefficient (Wildman–Crippen LogP) is 2.66. The molecule has 1 heterocycles. The summed E-state index contributed by atoms with van der Waals surface area (Å²) in [4.78, 5) is 4.71. The van der Waals surface area contributed by atoms with Crippen LogP contribution in [0.2, 0.25) is 0 Å². The lowest BCUT2D eigenvalue weighted by Gasteiger charge is -2.10. The van der Waals surface area contributed by atoms with Crippen LogP contribution in [0.1, 0.15) is 22.4 Å². The number of rotatable bonds is 2. The van der Waals surface area contributed by atoms with Gasteiger partial charge in [0.15, 0.2) is 0 Å². The van der Waals surface area contributed by atoms with E-state index in [9.17, 15) is 0 Å². The van der Waals surface area contributed by atoms with Gasteiger partial charge in [-0.05, 0) is 50.1 Å². The lowest BCUT2D eigenvalue weighted by molar-refractivity contribution is 0.929. The summed E-state index contributed by atoms with van der Waals surface area (Å²) in [6.07, 6.45) is 0.851. The summed E-state index contributed by atoms with van der Waals surface area (Å²) >= 11 is 0. The van der Waals surface area contributed by atoms with Crippen molar-refractivity contribution in [3.8, 4) is 0 Å². The maximum Gasteiger partial charge on any atom is 0.0739 e. The number of nitrogens with zero attached hydrogens (tertiary/aromatic N) is 1. The van der Waals surface area contributed by atoms with Gasteiger partial charge in [0.1, 0.15) is 0 Å². The van der Waals surface area contributed by atoms with Crippen molar-refractivity contribution in [1.29, 1.82) is 0 Å². The SMILES string of the molecule is Cc1ccc(C)c2c(C)cc(CCN)nc12. The maximum atomic E-state index is 5.58. The summed E-state index contributed by atoms with van der Waals surface area (Å²) in [7, 11) is 0. The lowest BCUT2D eigenvalue weighted by atomic mass is 10.0. The number of benzene rings is 1. The van der Waals surface area contributed by atoms with E-state index in [4.69, 9.17) is 10.7 Å². The van der Waals surface area contributed by atoms with Gasteiger partial charge in [0, 0.05) is 17.5 Å². The van der Waals surface area contributed by atoms with Crippen molar-refractivity contribution < 1.29 is 0 Å². The zero-order valence-corrected chi connectivity index (χ0v) is 10.2. The van der Waals surface area contributed by atoms with Gasteiger partial charge >= 0.3 is 0 Å². The highest BCUT2D eigenvalue weighted by molar-refractivity contribution is 5.88. The lowest BCUT2D eigenvalue weighted by Crippen LogP contribution is -2.05. The summed E-state index contributed by atoms with van der Waals surface area (Å²) in [5.74, 6) is 0. The Labute approximate surface area is 96.5 Å². The first kappa shape index (κ1) is 11.1. The van der Waals surface area contributed by atoms with Crippen molar-refractivity contribution in [3.05, 3.63) is 40.6 Å². The molecule has 0 aliphatic heterocycles. The standard InChI is InChI=1S/C14H18N2/c1-9-4-5-10(2)14-13(9)11(3)8-12(16-14)6-7-15/h4-5,8H,6-7,15H2,1-3H3. The minimum absolute atomic E-state index is 0.656. The fourth-order valence-electron chi connectivity index (χ4n) is 2.21. The Morgan fingerprint density at radius 1 is 1.06 bits per heavy atom. The van der Waals surface area contributed by atoms with Crippen LogP contribution in [0.25, 0.3) is 10.9 Å². The molecule has 2 rings (SSSR count). The van der Waals surface area contributed by atoms with Gasteiger partial charge < -0.3 is 5.73 Å². The van der Waals surface area contributed by atoms with E-state index >= 15 is 0 Å². The van der Waals surface area contributed by atoms with E-state index in [1.165, 1.54) is 22.1 Å². The van der Waals surface area contributed by atoms with Gasteiger partial charge in [0.2, 0.25) is 0 Å². The zero-order valence-electron chi connectivity index (χ0n) is 10.2. The summed E-state index contributed by atoms with van der Waals surface area (Å²) < 4.78 is 0. The largest absolute Gasteiger partial charge is 0.330 e. The van der Waals surface area contributed by atoms with E-state index < -0.39 is 0 Å². The van der Waals surface area contributed by atoms with Crippen LogP contribution in [0.15, 0.2) is 18.2 Å². The van der Waals surface area contributed by atoms with Crippen LogP contribution in [0.4, 0.5) is 0 Å². The molecule has 1 aromatic carbocycles. The van der Waals surface area contributed by atoms with Crippen LogP contribution < -0.4 is 5.73 Å². The maximum absolute atomic E-state index is 5.58. The van der Waals surface area contributed by atoms with Crippen LogP contribution in [-0.2, 0) is 6.42 Å². The van der Waals surface area contributed by atoms with E-state index in [-0.39, 0.29) is 0 Å². The molecular weight excluding hydrogens is 196 g/mol. The second kappa shape index (κ2) is 4.22. The molecule has 0 fully saturated rings. The average Bonchev–Trinajstić information content (AvgIpc) is 2.23. The number of nitrogens with two attached hydrogens (primary N) is 1. The third kappa shape index (κ3) is 1.81. The van der Waals surface area contributed by atoms with E-state index in [1.807, 2.05) is 0 Å². The van der Waals surface area contributed by atoms with Gasteiger partial charge in [-0.25, -0.2) is 0 Å². The smallest absolute Gasteiger partial charge is 0.0739 e. The molecule has 1 aromatic heterocycles. The van der Waals surface area contributed by atoms with E-state index in [0.717, 1.165) is 17.6 Å². The van der Waals surface area contributed by atoms with Crippen molar-refractivity contribution in [3.63, 3.8) is 0 Å². The van der Waals surface area contributed by atoms with Crippen molar-refractivity contribution in [1.82, 2.24) is 4.98 Å². The number of pyridine rings is 1. The highest BCUT2D eigenvalue weighted by Gasteiger charge is 2.07. The van der Waals surface area contributed by atoms with Crippen LogP contribution in [-0.4, -0.2) is 11.5 Å². The molecule has 0 aliphatic rings. The van der Waals surface area contributed by atoms with Gasteiger partial charge in [-0.3, -0.25) is 4.98 Å². The predicted molar refractivity (Wildman–Crippen MR) is 68.7 cm³/mol. The van der Waals surface area contributed by atoms with Crippen molar-refractivity contribution in [2.45, 2.75) is 27.2 Å². The van der Waals surface area contributed by atoms with E-state index in [2.05, 4.69) is 39.0 Å². The topological polar surface area (TPSA) is 38.9 Å². The first-order chi connectivity index (χ1) is 7.63. The van der Waals surface area contributed by atoms with Crippen molar-refractivity contribution in [2.24, 2.45) is 5.73 Å². The molecule has 2 N–H and O–H groups in total. The highest BCUT2D eigenvalue weighted by atomic mass is 14.7. The van der Waals surface area contributed by atoms with Crippen molar-refractivity contribution in [2.75, 3.05) is 6.54 Å². The molecule has 0 amide bonds. The first-order valence-electron chi connectivity index (χ1n) is 5.70. The molecule has 0 bridgehead atoms. The third-order valence-electron chi connectivity index (χ3n) is 3.02. The van der Waals surface area contributed by atoms with Crippen LogP contribution in [0.3, 0.4) is 0 Å².